The molecule has 5 nitrogen and oxygen atoms in total. The average Bonchev–Trinajstić information content (AvgIpc) is 2.45. The quantitative estimate of drug-likeness (QED) is 0.807. The third kappa shape index (κ3) is 2.46. The summed E-state index contributed by atoms with van der Waals surface area (Å²) >= 11 is 0. The Labute approximate surface area is 123 Å². The van der Waals surface area contributed by atoms with Crippen molar-refractivity contribution >= 4 is 11.6 Å². The molecule has 0 radical (unpaired) electrons. The summed E-state index contributed by atoms with van der Waals surface area (Å²) in [6.07, 6.45) is 3.01. The molecule has 0 spiro atoms. The molecule has 0 atom stereocenters. The van der Waals surface area contributed by atoms with Crippen LogP contribution in [0.5, 0.6) is 5.75 Å². The molecule has 0 N–H and O–H groups in total. The maximum atomic E-state index is 12.9. The van der Waals surface area contributed by atoms with E-state index in [1.165, 1.54) is 6.33 Å². The Bertz CT molecular complexity index is 697. The highest BCUT2D eigenvalue weighted by atomic mass is 16.5. The number of hydrogen-bond donors (Lipinski definition) is 0. The van der Waals surface area contributed by atoms with Gasteiger partial charge in [-0.05, 0) is 32.9 Å². The van der Waals surface area contributed by atoms with Crippen LogP contribution in [0.25, 0.3) is 0 Å². The third-order valence-electron chi connectivity index (χ3n) is 3.47. The van der Waals surface area contributed by atoms with E-state index in [1.54, 1.807) is 11.1 Å². The highest BCUT2D eigenvalue weighted by Crippen LogP contribution is 2.37. The number of amides is 1. The lowest BCUT2D eigenvalue weighted by Crippen LogP contribution is -2.49. The van der Waals surface area contributed by atoms with Gasteiger partial charge in [0.2, 0.25) is 0 Å². The first-order valence-electron chi connectivity index (χ1n) is 6.84. The number of anilines is 1. The molecule has 1 aromatic carbocycles. The zero-order valence-corrected chi connectivity index (χ0v) is 12.3. The number of ether oxygens (including phenoxy) is 1. The van der Waals surface area contributed by atoms with Gasteiger partial charge < -0.3 is 9.64 Å². The number of carbonyl (C=O) groups is 1. The minimum absolute atomic E-state index is 0.100. The molecule has 0 unspecified atom stereocenters. The summed E-state index contributed by atoms with van der Waals surface area (Å²) in [5.41, 5.74) is 1.54. The zero-order chi connectivity index (χ0) is 15.0. The lowest BCUT2D eigenvalue weighted by Gasteiger charge is -2.39. The predicted octanol–water partition coefficient (Wildman–Crippen LogP) is 2.60. The molecule has 1 amide bonds. The van der Waals surface area contributed by atoms with Crippen molar-refractivity contribution < 1.29 is 9.53 Å². The van der Waals surface area contributed by atoms with E-state index < -0.39 is 5.60 Å². The van der Waals surface area contributed by atoms with Crippen LogP contribution in [0, 0.1) is 6.92 Å². The van der Waals surface area contributed by atoms with Crippen LogP contribution in [0.1, 0.15) is 29.9 Å². The van der Waals surface area contributed by atoms with Gasteiger partial charge in [-0.25, -0.2) is 9.97 Å². The molecule has 0 saturated heterocycles. The van der Waals surface area contributed by atoms with Gasteiger partial charge in [0, 0.05) is 6.20 Å². The van der Waals surface area contributed by atoms with Gasteiger partial charge in [0.05, 0.1) is 23.5 Å². The molecule has 0 aliphatic carbocycles. The van der Waals surface area contributed by atoms with E-state index in [2.05, 4.69) is 9.97 Å². The smallest absolute Gasteiger partial charge is 0.261 e. The van der Waals surface area contributed by atoms with E-state index in [-0.39, 0.29) is 5.91 Å². The van der Waals surface area contributed by atoms with Crippen molar-refractivity contribution in [3.05, 3.63) is 48.0 Å². The molecule has 1 aliphatic heterocycles. The fraction of sp³-hybridized carbons (Fsp3) is 0.312. The van der Waals surface area contributed by atoms with Crippen molar-refractivity contribution in [2.75, 3.05) is 11.4 Å². The van der Waals surface area contributed by atoms with E-state index in [0.717, 1.165) is 11.4 Å². The molecule has 1 aliphatic rings. The molecule has 108 valence electrons. The number of benzene rings is 1. The number of fused-ring (bicyclic) bond motifs is 1. The number of nitrogens with zero attached hydrogens (tertiary/aromatic N) is 3. The first-order chi connectivity index (χ1) is 9.98. The maximum absolute atomic E-state index is 12.9. The zero-order valence-electron chi connectivity index (χ0n) is 12.3. The van der Waals surface area contributed by atoms with E-state index in [1.807, 2.05) is 45.0 Å². The SMILES string of the molecule is Cc1ncncc1C(=O)N1CC(C)(C)Oc2ccccc21. The predicted molar refractivity (Wildman–Crippen MR) is 79.6 cm³/mol. The lowest BCUT2D eigenvalue weighted by atomic mass is 10.0. The van der Waals surface area contributed by atoms with E-state index >= 15 is 0 Å². The van der Waals surface area contributed by atoms with Crippen molar-refractivity contribution in [3.63, 3.8) is 0 Å². The maximum Gasteiger partial charge on any atom is 0.261 e. The summed E-state index contributed by atoms with van der Waals surface area (Å²) in [6.45, 7) is 6.23. The molecule has 2 aromatic rings. The molecule has 0 fully saturated rings. The highest BCUT2D eigenvalue weighted by Gasteiger charge is 2.35. The fourth-order valence-corrected chi connectivity index (χ4v) is 2.49. The molecular weight excluding hydrogens is 266 g/mol. The van der Waals surface area contributed by atoms with Crippen LogP contribution in [0.4, 0.5) is 5.69 Å². The summed E-state index contributed by atoms with van der Waals surface area (Å²) < 4.78 is 5.94. The Morgan fingerprint density at radius 3 is 2.86 bits per heavy atom. The van der Waals surface area contributed by atoms with Crippen LogP contribution in [0.15, 0.2) is 36.8 Å². The number of para-hydroxylation sites is 2. The van der Waals surface area contributed by atoms with Crippen LogP contribution >= 0.6 is 0 Å². The largest absolute Gasteiger partial charge is 0.484 e. The average molecular weight is 283 g/mol. The van der Waals surface area contributed by atoms with E-state index in [4.69, 9.17) is 4.74 Å². The summed E-state index contributed by atoms with van der Waals surface area (Å²) in [6, 6.07) is 7.57. The number of aromatic nitrogens is 2. The van der Waals surface area contributed by atoms with Gasteiger partial charge in [0.25, 0.3) is 5.91 Å². The summed E-state index contributed by atoms with van der Waals surface area (Å²) in [4.78, 5) is 22.7. The van der Waals surface area contributed by atoms with Crippen LogP contribution in [0.3, 0.4) is 0 Å². The Kier molecular flexibility index (Phi) is 3.12. The first kappa shape index (κ1) is 13.5. The molecule has 0 bridgehead atoms. The van der Waals surface area contributed by atoms with Gasteiger partial charge in [0.15, 0.2) is 0 Å². The highest BCUT2D eigenvalue weighted by molar-refractivity contribution is 6.07. The first-order valence-corrected chi connectivity index (χ1v) is 6.84. The van der Waals surface area contributed by atoms with Gasteiger partial charge in [0.1, 0.15) is 17.7 Å². The standard InChI is InChI=1S/C16H17N3O2/c1-11-12(8-17-10-18-11)15(20)19-9-16(2,3)21-14-7-5-4-6-13(14)19/h4-8,10H,9H2,1-3H3. The molecule has 21 heavy (non-hydrogen) atoms. The molecule has 2 heterocycles. The second-order valence-electron chi connectivity index (χ2n) is 5.74. The van der Waals surface area contributed by atoms with E-state index in [0.29, 0.717) is 17.8 Å². The van der Waals surface area contributed by atoms with Gasteiger partial charge in [-0.2, -0.15) is 0 Å². The normalized spacial score (nSPS) is 16.0. The minimum atomic E-state index is -0.437. The van der Waals surface area contributed by atoms with Gasteiger partial charge in [-0.15, -0.1) is 0 Å². The van der Waals surface area contributed by atoms with Crippen LogP contribution < -0.4 is 9.64 Å². The summed E-state index contributed by atoms with van der Waals surface area (Å²) in [5.74, 6) is 0.619. The Balaban J connectivity index is 2.06. The third-order valence-corrected chi connectivity index (χ3v) is 3.47. The Hall–Kier alpha value is -2.43. The topological polar surface area (TPSA) is 55.3 Å². The van der Waals surface area contributed by atoms with Gasteiger partial charge >= 0.3 is 0 Å². The van der Waals surface area contributed by atoms with Crippen LogP contribution in [-0.2, 0) is 0 Å². The van der Waals surface area contributed by atoms with Crippen molar-refractivity contribution in [2.45, 2.75) is 26.4 Å². The number of rotatable bonds is 1. The monoisotopic (exact) mass is 283 g/mol. The number of carbonyl (C=O) groups excluding carboxylic acids is 1. The van der Waals surface area contributed by atoms with Crippen molar-refractivity contribution in [2.24, 2.45) is 0 Å². The molecule has 5 heteroatoms. The number of aryl methyl sites for hydroxylation is 1. The van der Waals surface area contributed by atoms with E-state index in [9.17, 15) is 4.79 Å². The summed E-state index contributed by atoms with van der Waals surface area (Å²) in [7, 11) is 0. The Morgan fingerprint density at radius 1 is 1.33 bits per heavy atom. The fourth-order valence-electron chi connectivity index (χ4n) is 2.49. The van der Waals surface area contributed by atoms with Crippen molar-refractivity contribution in [1.29, 1.82) is 0 Å². The molecule has 3 rings (SSSR count). The molecule has 0 saturated carbocycles. The number of hydrogen-bond acceptors (Lipinski definition) is 4. The molecule has 1 aromatic heterocycles. The Morgan fingerprint density at radius 2 is 2.10 bits per heavy atom. The molecular formula is C16H17N3O2. The summed E-state index contributed by atoms with van der Waals surface area (Å²) in [5, 5.41) is 0. The van der Waals surface area contributed by atoms with Crippen LogP contribution in [-0.4, -0.2) is 28.0 Å². The van der Waals surface area contributed by atoms with Gasteiger partial charge in [-0.1, -0.05) is 12.1 Å². The van der Waals surface area contributed by atoms with Crippen LogP contribution in [0.2, 0.25) is 0 Å². The van der Waals surface area contributed by atoms with Gasteiger partial charge in [-0.3, -0.25) is 4.79 Å². The second-order valence-corrected chi connectivity index (χ2v) is 5.74. The lowest BCUT2D eigenvalue weighted by molar-refractivity contribution is 0.0835. The van der Waals surface area contributed by atoms with Crippen molar-refractivity contribution in [3.8, 4) is 5.75 Å². The minimum Gasteiger partial charge on any atom is -0.484 e. The second kappa shape index (κ2) is 4.84. The van der Waals surface area contributed by atoms with Crippen molar-refractivity contribution in [1.82, 2.24) is 9.97 Å².